The lowest BCUT2D eigenvalue weighted by Gasteiger charge is -2.43. The number of nitrogens with zero attached hydrogens (tertiary/aromatic N) is 1. The fraction of sp³-hybridized carbons (Fsp3) is 0.343. The Kier molecular flexibility index (Phi) is 9.76. The second-order valence-electron chi connectivity index (χ2n) is 11.5. The summed E-state index contributed by atoms with van der Waals surface area (Å²) in [5.74, 6) is 0.490. The third kappa shape index (κ3) is 6.98. The Bertz CT molecular complexity index is 1740. The van der Waals surface area contributed by atoms with Crippen molar-refractivity contribution in [2.24, 2.45) is 0 Å². The summed E-state index contributed by atoms with van der Waals surface area (Å²) in [6, 6.07) is 26.9. The molecule has 3 heterocycles. The number of thiocarbonyl (C=S) groups is 1. The van der Waals surface area contributed by atoms with Gasteiger partial charge in [0, 0.05) is 30.6 Å². The molecule has 11 heteroatoms. The predicted octanol–water partition coefficient (Wildman–Crippen LogP) is 4.76. The normalized spacial score (nSPS) is 24.1. The highest BCUT2D eigenvalue weighted by Crippen LogP contribution is 2.46. The highest BCUT2D eigenvalue weighted by molar-refractivity contribution is 7.79. The van der Waals surface area contributed by atoms with Gasteiger partial charge in [-0.25, -0.2) is 4.79 Å². The van der Waals surface area contributed by atoms with Crippen LogP contribution in [0, 0.1) is 13.8 Å². The van der Waals surface area contributed by atoms with Crippen LogP contribution in [0.25, 0.3) is 0 Å². The van der Waals surface area contributed by atoms with E-state index >= 15 is 0 Å². The van der Waals surface area contributed by atoms with E-state index in [1.807, 2.05) is 79.7 Å². The summed E-state index contributed by atoms with van der Waals surface area (Å²) < 4.78 is 39.7. The van der Waals surface area contributed by atoms with Gasteiger partial charge in [0.15, 0.2) is 17.9 Å². The molecule has 0 bridgehead atoms. The van der Waals surface area contributed by atoms with Gasteiger partial charge in [-0.1, -0.05) is 78.4 Å². The molecule has 6 rings (SSSR count). The van der Waals surface area contributed by atoms with Crippen molar-refractivity contribution in [3.05, 3.63) is 134 Å². The standard InChI is InChI=1S/C35H36N2O8S/c1-23-13-15-27(16-14-23)43-34(46)44-29-30(42-21-26-11-7-4-8-12-26)35(45-32(29)37-19-24(2)31(38)36-33(37)39)22-40-18-17-28(35)41-20-25-9-5-3-6-10-25/h3-16,19,28-30,32H,17-18,20-22H2,1-2H3,(H,36,38,39)/t28-,29+,30?,32-,35-/m1/s1. The number of rotatable bonds is 9. The molecule has 3 aromatic carbocycles. The van der Waals surface area contributed by atoms with E-state index in [1.165, 1.54) is 10.8 Å². The van der Waals surface area contributed by atoms with Crippen LogP contribution in [0.2, 0.25) is 0 Å². The maximum Gasteiger partial charge on any atom is 0.358 e. The third-order valence-electron chi connectivity index (χ3n) is 8.24. The van der Waals surface area contributed by atoms with Crippen LogP contribution in [0.1, 0.15) is 34.9 Å². The SMILES string of the molecule is Cc1ccc(OC(=S)O[C@H]2C(OCc3ccccc3)[C@]3(COCC[C@H]3OCc3ccccc3)O[C@H]2n2cc(C)c(=O)[nH]c2=O)cc1. The van der Waals surface area contributed by atoms with Crippen molar-refractivity contribution in [1.29, 1.82) is 0 Å². The molecule has 46 heavy (non-hydrogen) atoms. The Labute approximate surface area is 271 Å². The summed E-state index contributed by atoms with van der Waals surface area (Å²) in [7, 11) is 0. The Hall–Kier alpha value is -4.13. The second-order valence-corrected chi connectivity index (χ2v) is 11.9. The lowest BCUT2D eigenvalue weighted by atomic mass is 9.86. The van der Waals surface area contributed by atoms with E-state index in [0.717, 1.165) is 16.7 Å². The fourth-order valence-electron chi connectivity index (χ4n) is 5.86. The molecule has 0 aliphatic carbocycles. The number of benzene rings is 3. The molecule has 0 radical (unpaired) electrons. The molecule has 2 aliphatic heterocycles. The Balaban J connectivity index is 1.40. The lowest BCUT2D eigenvalue weighted by Crippen LogP contribution is -2.60. The molecule has 10 nitrogen and oxygen atoms in total. The quantitative estimate of drug-likeness (QED) is 0.258. The molecule has 2 aliphatic rings. The summed E-state index contributed by atoms with van der Waals surface area (Å²) in [6.07, 6.45) is -1.51. The van der Waals surface area contributed by atoms with Gasteiger partial charge >= 0.3 is 10.9 Å². The number of nitrogens with one attached hydrogen (secondary N) is 1. The van der Waals surface area contributed by atoms with Crippen molar-refractivity contribution in [2.75, 3.05) is 13.2 Å². The zero-order valence-electron chi connectivity index (χ0n) is 25.6. The van der Waals surface area contributed by atoms with Crippen LogP contribution in [0.4, 0.5) is 0 Å². The minimum atomic E-state index is -1.22. The average Bonchev–Trinajstić information content (AvgIpc) is 3.35. The van der Waals surface area contributed by atoms with E-state index in [9.17, 15) is 9.59 Å². The van der Waals surface area contributed by atoms with Gasteiger partial charge in [-0.2, -0.15) is 0 Å². The monoisotopic (exact) mass is 644 g/mol. The maximum absolute atomic E-state index is 13.3. The average molecular weight is 645 g/mol. The van der Waals surface area contributed by atoms with Crippen molar-refractivity contribution < 1.29 is 28.4 Å². The molecule has 2 fully saturated rings. The molecule has 0 saturated carbocycles. The minimum absolute atomic E-state index is 0.102. The van der Waals surface area contributed by atoms with E-state index in [0.29, 0.717) is 30.9 Å². The lowest BCUT2D eigenvalue weighted by molar-refractivity contribution is -0.240. The van der Waals surface area contributed by atoms with Crippen molar-refractivity contribution in [1.82, 2.24) is 9.55 Å². The van der Waals surface area contributed by atoms with E-state index in [-0.39, 0.29) is 18.5 Å². The summed E-state index contributed by atoms with van der Waals surface area (Å²) in [6.45, 7) is 4.66. The summed E-state index contributed by atoms with van der Waals surface area (Å²) in [4.78, 5) is 28.0. The van der Waals surface area contributed by atoms with Crippen LogP contribution in [0.5, 0.6) is 5.75 Å². The Morgan fingerprint density at radius 3 is 2.26 bits per heavy atom. The van der Waals surface area contributed by atoms with Crippen LogP contribution < -0.4 is 16.0 Å². The first-order valence-electron chi connectivity index (χ1n) is 15.2. The molecule has 1 N–H and O–H groups in total. The van der Waals surface area contributed by atoms with Crippen molar-refractivity contribution in [2.45, 2.75) is 63.6 Å². The Morgan fingerprint density at radius 1 is 0.935 bits per heavy atom. The number of H-pyrrole nitrogens is 1. The number of aryl methyl sites for hydroxylation is 2. The molecule has 2 saturated heterocycles. The molecule has 1 aromatic heterocycles. The minimum Gasteiger partial charge on any atom is -0.446 e. The molecule has 1 spiro atoms. The second kappa shape index (κ2) is 14.1. The van der Waals surface area contributed by atoms with E-state index in [4.69, 9.17) is 40.6 Å². The van der Waals surface area contributed by atoms with Gasteiger partial charge in [-0.15, -0.1) is 0 Å². The molecule has 4 aromatic rings. The van der Waals surface area contributed by atoms with E-state index in [2.05, 4.69) is 4.98 Å². The van der Waals surface area contributed by atoms with Gasteiger partial charge in [0.25, 0.3) is 5.56 Å². The number of aromatic nitrogens is 2. The molecule has 5 atom stereocenters. The summed E-state index contributed by atoms with van der Waals surface area (Å²) in [5, 5.41) is -0.180. The highest BCUT2D eigenvalue weighted by Gasteiger charge is 2.64. The summed E-state index contributed by atoms with van der Waals surface area (Å²) in [5.41, 5.74) is 0.914. The fourth-order valence-corrected chi connectivity index (χ4v) is 6.07. The molecule has 1 unspecified atom stereocenters. The largest absolute Gasteiger partial charge is 0.446 e. The zero-order chi connectivity index (χ0) is 32.1. The molecule has 240 valence electrons. The van der Waals surface area contributed by atoms with Crippen LogP contribution >= 0.6 is 12.2 Å². The van der Waals surface area contributed by atoms with Gasteiger partial charge in [0.2, 0.25) is 0 Å². The molecular formula is C35H36N2O8S. The van der Waals surface area contributed by atoms with Gasteiger partial charge in [-0.3, -0.25) is 14.3 Å². The van der Waals surface area contributed by atoms with Crippen LogP contribution in [-0.2, 0) is 36.9 Å². The first-order valence-corrected chi connectivity index (χ1v) is 15.6. The van der Waals surface area contributed by atoms with Gasteiger partial charge in [-0.05, 0) is 43.5 Å². The van der Waals surface area contributed by atoms with Crippen LogP contribution in [0.3, 0.4) is 0 Å². The van der Waals surface area contributed by atoms with Gasteiger partial charge in [0.05, 0.1) is 25.9 Å². The van der Waals surface area contributed by atoms with Crippen molar-refractivity contribution in [3.63, 3.8) is 0 Å². The molecular weight excluding hydrogens is 608 g/mol. The van der Waals surface area contributed by atoms with Crippen LogP contribution in [-0.4, -0.2) is 51.9 Å². The number of hydrogen-bond donors (Lipinski definition) is 1. The van der Waals surface area contributed by atoms with E-state index in [1.54, 1.807) is 19.1 Å². The van der Waals surface area contributed by atoms with Crippen molar-refractivity contribution >= 4 is 17.5 Å². The number of aromatic amines is 1. The first kappa shape index (κ1) is 31.8. The Morgan fingerprint density at radius 2 is 1.59 bits per heavy atom. The number of ether oxygens (including phenoxy) is 6. The third-order valence-corrected chi connectivity index (χ3v) is 8.42. The van der Waals surface area contributed by atoms with E-state index < -0.39 is 41.4 Å². The predicted molar refractivity (Wildman–Crippen MR) is 174 cm³/mol. The maximum atomic E-state index is 13.3. The summed E-state index contributed by atoms with van der Waals surface area (Å²) >= 11 is 5.59. The van der Waals surface area contributed by atoms with Crippen molar-refractivity contribution in [3.8, 4) is 5.75 Å². The van der Waals surface area contributed by atoms with Gasteiger partial charge in [0.1, 0.15) is 11.9 Å². The van der Waals surface area contributed by atoms with Gasteiger partial charge < -0.3 is 28.4 Å². The zero-order valence-corrected chi connectivity index (χ0v) is 26.4. The highest BCUT2D eigenvalue weighted by atomic mass is 32.1. The smallest absolute Gasteiger partial charge is 0.358 e. The van der Waals surface area contributed by atoms with Crippen LogP contribution in [0.15, 0.2) is 101 Å². The number of hydrogen-bond acceptors (Lipinski definition) is 9. The molecule has 0 amide bonds. The first-order chi connectivity index (χ1) is 22.3. The topological polar surface area (TPSA) is 110 Å².